The van der Waals surface area contributed by atoms with Crippen LogP contribution < -0.4 is 5.73 Å². The first-order valence-electron chi connectivity index (χ1n) is 8.82. The molecule has 4 aromatic heterocycles. The van der Waals surface area contributed by atoms with Gasteiger partial charge < -0.3 is 5.73 Å². The molecular formula is C22H14ClF2N5. The van der Waals surface area contributed by atoms with Crippen LogP contribution >= 0.6 is 12.4 Å². The number of benzene rings is 1. The number of hydrogen-bond acceptors (Lipinski definition) is 5. The van der Waals surface area contributed by atoms with Crippen LogP contribution in [0.2, 0.25) is 0 Å². The number of aromatic nitrogens is 4. The van der Waals surface area contributed by atoms with Gasteiger partial charge in [-0.3, -0.25) is 4.98 Å². The van der Waals surface area contributed by atoms with E-state index in [1.165, 1.54) is 0 Å². The van der Waals surface area contributed by atoms with Crippen LogP contribution in [0.4, 0.5) is 14.6 Å². The maximum absolute atomic E-state index is 14.4. The van der Waals surface area contributed by atoms with Gasteiger partial charge in [0.25, 0.3) is 0 Å². The van der Waals surface area contributed by atoms with E-state index in [0.29, 0.717) is 22.7 Å². The van der Waals surface area contributed by atoms with Crippen molar-refractivity contribution in [2.45, 2.75) is 0 Å². The molecule has 30 heavy (non-hydrogen) atoms. The molecule has 4 heterocycles. The lowest BCUT2D eigenvalue weighted by Crippen LogP contribution is -1.97. The lowest BCUT2D eigenvalue weighted by Gasteiger charge is -2.12. The number of pyridine rings is 4. The normalized spacial score (nSPS) is 10.9. The summed E-state index contributed by atoms with van der Waals surface area (Å²) in [6, 6.07) is 12.2. The molecule has 2 N–H and O–H groups in total. The zero-order valence-electron chi connectivity index (χ0n) is 15.4. The van der Waals surface area contributed by atoms with E-state index >= 15 is 0 Å². The maximum Gasteiger partial charge on any atom is 0.160 e. The van der Waals surface area contributed by atoms with Gasteiger partial charge in [0.2, 0.25) is 0 Å². The molecule has 5 rings (SSSR count). The third-order valence-corrected chi connectivity index (χ3v) is 4.76. The summed E-state index contributed by atoms with van der Waals surface area (Å²) in [5, 5.41) is 2.29. The number of rotatable bonds is 2. The molecule has 5 nitrogen and oxygen atoms in total. The molecule has 1 aromatic carbocycles. The van der Waals surface area contributed by atoms with Crippen molar-refractivity contribution < 1.29 is 8.78 Å². The van der Waals surface area contributed by atoms with E-state index in [2.05, 4.69) is 19.9 Å². The van der Waals surface area contributed by atoms with Gasteiger partial charge in [0, 0.05) is 45.9 Å². The number of halogens is 3. The highest BCUT2D eigenvalue weighted by Gasteiger charge is 2.16. The molecule has 0 atom stereocenters. The van der Waals surface area contributed by atoms with Crippen LogP contribution in [0.5, 0.6) is 0 Å². The Morgan fingerprint density at radius 1 is 0.733 bits per heavy atom. The van der Waals surface area contributed by atoms with E-state index in [1.54, 1.807) is 36.8 Å². The predicted molar refractivity (Wildman–Crippen MR) is 115 cm³/mol. The smallest absolute Gasteiger partial charge is 0.160 e. The van der Waals surface area contributed by atoms with Crippen molar-refractivity contribution in [3.8, 4) is 22.5 Å². The monoisotopic (exact) mass is 421 g/mol. The Hall–Kier alpha value is -3.71. The molecule has 0 amide bonds. The van der Waals surface area contributed by atoms with Gasteiger partial charge in [-0.05, 0) is 48.5 Å². The second kappa shape index (κ2) is 7.61. The highest BCUT2D eigenvalue weighted by Crippen LogP contribution is 2.35. The summed E-state index contributed by atoms with van der Waals surface area (Å²) in [4.78, 5) is 17.4. The van der Waals surface area contributed by atoms with Crippen LogP contribution in [-0.4, -0.2) is 19.9 Å². The van der Waals surface area contributed by atoms with Crippen LogP contribution in [0.15, 0.2) is 67.1 Å². The lowest BCUT2D eigenvalue weighted by atomic mass is 9.99. The van der Waals surface area contributed by atoms with Gasteiger partial charge in [-0.25, -0.2) is 23.7 Å². The summed E-state index contributed by atoms with van der Waals surface area (Å²) in [6.45, 7) is 0. The Labute approximate surface area is 176 Å². The second-order valence-corrected chi connectivity index (χ2v) is 6.50. The highest BCUT2D eigenvalue weighted by molar-refractivity contribution is 6.05. The molecule has 0 saturated heterocycles. The molecular weight excluding hydrogens is 408 g/mol. The fourth-order valence-corrected chi connectivity index (χ4v) is 3.43. The van der Waals surface area contributed by atoms with Gasteiger partial charge in [-0.15, -0.1) is 12.4 Å². The largest absolute Gasteiger partial charge is 0.383 e. The highest BCUT2D eigenvalue weighted by atomic mass is 35.5. The van der Waals surface area contributed by atoms with Gasteiger partial charge in [-0.2, -0.15) is 0 Å². The minimum Gasteiger partial charge on any atom is -0.383 e. The molecule has 0 bridgehead atoms. The summed E-state index contributed by atoms with van der Waals surface area (Å²) < 4.78 is 28.2. The van der Waals surface area contributed by atoms with Crippen LogP contribution in [0.1, 0.15) is 0 Å². The second-order valence-electron chi connectivity index (χ2n) is 6.50. The predicted octanol–water partition coefficient (Wildman–Crippen LogP) is 5.19. The quantitative estimate of drug-likeness (QED) is 0.424. The molecule has 5 aromatic rings. The van der Waals surface area contributed by atoms with E-state index in [4.69, 9.17) is 5.73 Å². The van der Waals surface area contributed by atoms with Crippen LogP contribution in [-0.2, 0) is 0 Å². The third kappa shape index (κ3) is 3.19. The number of nitrogens with two attached hydrogens (primary N) is 1. The van der Waals surface area contributed by atoms with Crippen LogP contribution in [0, 0.1) is 11.6 Å². The van der Waals surface area contributed by atoms with Crippen molar-refractivity contribution in [3.63, 3.8) is 0 Å². The summed E-state index contributed by atoms with van der Waals surface area (Å²) >= 11 is 0. The molecule has 0 unspecified atom stereocenters. The van der Waals surface area contributed by atoms with E-state index in [0.717, 1.165) is 34.4 Å². The SMILES string of the molecule is Cl.Nc1nccc2c(-c3cc(-c4cc(F)ccc4F)nc4ncccc34)nccc12. The summed E-state index contributed by atoms with van der Waals surface area (Å²) in [7, 11) is 0. The summed E-state index contributed by atoms with van der Waals surface area (Å²) in [5.41, 5.74) is 8.08. The minimum atomic E-state index is -0.570. The fraction of sp³-hybridized carbons (Fsp3) is 0. The molecule has 0 spiro atoms. The first-order valence-corrected chi connectivity index (χ1v) is 8.82. The summed E-state index contributed by atoms with van der Waals surface area (Å²) in [5.74, 6) is -0.730. The molecule has 8 heteroatoms. The number of nitrogens with zero attached hydrogens (tertiary/aromatic N) is 4. The van der Waals surface area contributed by atoms with Gasteiger partial charge in [0.15, 0.2) is 5.65 Å². The zero-order valence-corrected chi connectivity index (χ0v) is 16.2. The van der Waals surface area contributed by atoms with Crippen molar-refractivity contribution in [3.05, 3.63) is 78.8 Å². The average Bonchev–Trinajstić information content (AvgIpc) is 2.75. The first-order chi connectivity index (χ1) is 14.1. The van der Waals surface area contributed by atoms with Gasteiger partial charge >= 0.3 is 0 Å². The standard InChI is InChI=1S/C22H13F2N5.ClH/c23-12-3-4-18(24)17(10-12)19-11-16(15-2-1-7-28-22(15)29-19)20-13-5-9-27-21(25)14(13)6-8-26-20;/h1-11H,(H2,25,27);1H. The van der Waals surface area contributed by atoms with E-state index in [1.807, 2.05) is 12.1 Å². The molecule has 0 aliphatic heterocycles. The Kier molecular flexibility index (Phi) is 4.97. The van der Waals surface area contributed by atoms with Crippen LogP contribution in [0.25, 0.3) is 44.3 Å². The molecule has 0 aliphatic rings. The Morgan fingerprint density at radius 2 is 1.53 bits per heavy atom. The van der Waals surface area contributed by atoms with Crippen molar-refractivity contribution in [1.82, 2.24) is 19.9 Å². The van der Waals surface area contributed by atoms with Crippen LogP contribution in [0.3, 0.4) is 0 Å². The Bertz CT molecular complexity index is 1410. The number of anilines is 1. The number of hydrogen-bond donors (Lipinski definition) is 1. The van der Waals surface area contributed by atoms with Gasteiger partial charge in [-0.1, -0.05) is 0 Å². The third-order valence-electron chi connectivity index (χ3n) is 4.76. The van der Waals surface area contributed by atoms with Crippen molar-refractivity contribution in [1.29, 1.82) is 0 Å². The number of nitrogen functional groups attached to an aromatic ring is 1. The first kappa shape index (κ1) is 19.6. The maximum atomic E-state index is 14.4. The van der Waals surface area contributed by atoms with E-state index in [9.17, 15) is 8.78 Å². The molecule has 148 valence electrons. The zero-order chi connectivity index (χ0) is 20.0. The Balaban J connectivity index is 0.00000218. The van der Waals surface area contributed by atoms with Gasteiger partial charge in [0.1, 0.15) is 17.5 Å². The van der Waals surface area contributed by atoms with Crippen molar-refractivity contribution in [2.24, 2.45) is 0 Å². The molecule has 0 saturated carbocycles. The van der Waals surface area contributed by atoms with Crippen molar-refractivity contribution in [2.75, 3.05) is 5.73 Å². The molecule has 0 radical (unpaired) electrons. The van der Waals surface area contributed by atoms with E-state index in [-0.39, 0.29) is 23.7 Å². The summed E-state index contributed by atoms with van der Waals surface area (Å²) in [6.07, 6.45) is 4.85. The Morgan fingerprint density at radius 3 is 2.40 bits per heavy atom. The molecule has 0 fully saturated rings. The lowest BCUT2D eigenvalue weighted by molar-refractivity contribution is 0.602. The van der Waals surface area contributed by atoms with Gasteiger partial charge in [0.05, 0.1) is 11.4 Å². The minimum absolute atomic E-state index is 0. The average molecular weight is 422 g/mol. The fourth-order valence-electron chi connectivity index (χ4n) is 3.43. The van der Waals surface area contributed by atoms with Crippen molar-refractivity contribution >= 4 is 40.0 Å². The number of fused-ring (bicyclic) bond motifs is 2. The topological polar surface area (TPSA) is 77.6 Å². The van der Waals surface area contributed by atoms with E-state index < -0.39 is 11.6 Å². The molecule has 0 aliphatic carbocycles.